The first-order valence-corrected chi connectivity index (χ1v) is 6.46. The number of hydrogen-bond acceptors (Lipinski definition) is 3. The Hall–Kier alpha value is -1.39. The summed E-state index contributed by atoms with van der Waals surface area (Å²) in [5.74, 6) is 0.678. The Balaban J connectivity index is 1.46. The molecule has 1 aliphatic rings. The van der Waals surface area contributed by atoms with Crippen molar-refractivity contribution in [3.8, 4) is 0 Å². The van der Waals surface area contributed by atoms with Crippen molar-refractivity contribution < 1.29 is 0 Å². The topological polar surface area (TPSA) is 34.0 Å². The van der Waals surface area contributed by atoms with Crippen LogP contribution in [-0.4, -0.2) is 32.8 Å². The Labute approximate surface area is 111 Å². The standard InChI is InChI=1S/C13H15ClN4/c14-13-5-16-18(10-13)9-12-7-17(8-12)6-11-2-1-3-15-4-11/h1-5,10,12H,6-9H2. The SMILES string of the molecule is Clc1cnn(CC2CN(Cc3cccnc3)C2)c1. The molecule has 1 aliphatic heterocycles. The maximum absolute atomic E-state index is 5.84. The molecule has 4 nitrogen and oxygen atoms in total. The Kier molecular flexibility index (Phi) is 3.30. The van der Waals surface area contributed by atoms with E-state index in [1.165, 1.54) is 5.56 Å². The quantitative estimate of drug-likeness (QED) is 0.846. The van der Waals surface area contributed by atoms with Gasteiger partial charge in [0.1, 0.15) is 0 Å². The van der Waals surface area contributed by atoms with Crippen molar-refractivity contribution in [3.05, 3.63) is 47.5 Å². The van der Waals surface area contributed by atoms with Crippen LogP contribution in [0.1, 0.15) is 5.56 Å². The second-order valence-electron chi connectivity index (χ2n) is 4.80. The van der Waals surface area contributed by atoms with Crippen LogP contribution in [0, 0.1) is 5.92 Å². The van der Waals surface area contributed by atoms with E-state index < -0.39 is 0 Å². The maximum atomic E-state index is 5.84. The Bertz CT molecular complexity index is 505. The molecule has 0 unspecified atom stereocenters. The summed E-state index contributed by atoms with van der Waals surface area (Å²) in [5, 5.41) is 4.91. The number of pyridine rings is 1. The zero-order valence-electron chi connectivity index (χ0n) is 10.0. The van der Waals surface area contributed by atoms with E-state index >= 15 is 0 Å². The van der Waals surface area contributed by atoms with Crippen LogP contribution in [0.3, 0.4) is 0 Å². The van der Waals surface area contributed by atoms with E-state index in [2.05, 4.69) is 21.0 Å². The Morgan fingerprint density at radius 2 is 2.22 bits per heavy atom. The van der Waals surface area contributed by atoms with Gasteiger partial charge in [0.2, 0.25) is 0 Å². The van der Waals surface area contributed by atoms with Crippen LogP contribution in [0.4, 0.5) is 0 Å². The van der Waals surface area contributed by atoms with Crippen molar-refractivity contribution in [2.24, 2.45) is 5.92 Å². The minimum absolute atomic E-state index is 0.678. The highest BCUT2D eigenvalue weighted by atomic mass is 35.5. The van der Waals surface area contributed by atoms with Crippen molar-refractivity contribution in [2.45, 2.75) is 13.1 Å². The van der Waals surface area contributed by atoms with Gasteiger partial charge in [-0.05, 0) is 11.6 Å². The summed E-state index contributed by atoms with van der Waals surface area (Å²) in [4.78, 5) is 6.55. The third-order valence-electron chi connectivity index (χ3n) is 3.21. The first-order chi connectivity index (χ1) is 8.79. The summed E-state index contributed by atoms with van der Waals surface area (Å²) in [5.41, 5.74) is 1.28. The van der Waals surface area contributed by atoms with Crippen LogP contribution in [0.5, 0.6) is 0 Å². The van der Waals surface area contributed by atoms with Gasteiger partial charge in [0, 0.05) is 50.7 Å². The predicted molar refractivity (Wildman–Crippen MR) is 70.2 cm³/mol. The smallest absolute Gasteiger partial charge is 0.0785 e. The van der Waals surface area contributed by atoms with Crippen molar-refractivity contribution in [1.82, 2.24) is 19.7 Å². The summed E-state index contributed by atoms with van der Waals surface area (Å²) in [7, 11) is 0. The molecule has 0 N–H and O–H groups in total. The minimum Gasteiger partial charge on any atom is -0.298 e. The lowest BCUT2D eigenvalue weighted by molar-refractivity contribution is 0.0777. The van der Waals surface area contributed by atoms with Gasteiger partial charge < -0.3 is 0 Å². The lowest BCUT2D eigenvalue weighted by Gasteiger charge is -2.39. The molecule has 1 fully saturated rings. The van der Waals surface area contributed by atoms with Gasteiger partial charge in [-0.15, -0.1) is 0 Å². The minimum atomic E-state index is 0.678. The number of hydrogen-bond donors (Lipinski definition) is 0. The molecule has 3 heterocycles. The largest absolute Gasteiger partial charge is 0.298 e. The van der Waals surface area contributed by atoms with E-state index in [0.29, 0.717) is 10.9 Å². The van der Waals surface area contributed by atoms with Crippen LogP contribution < -0.4 is 0 Å². The molecule has 2 aromatic heterocycles. The summed E-state index contributed by atoms with van der Waals surface area (Å²) in [6, 6.07) is 4.10. The van der Waals surface area contributed by atoms with Crippen molar-refractivity contribution in [2.75, 3.05) is 13.1 Å². The molecule has 0 aliphatic carbocycles. The van der Waals surface area contributed by atoms with E-state index in [9.17, 15) is 0 Å². The molecule has 2 aromatic rings. The van der Waals surface area contributed by atoms with Gasteiger partial charge in [0.25, 0.3) is 0 Å². The number of likely N-dealkylation sites (tertiary alicyclic amines) is 1. The molecule has 1 saturated heterocycles. The lowest BCUT2D eigenvalue weighted by Crippen LogP contribution is -2.47. The second-order valence-corrected chi connectivity index (χ2v) is 5.24. The molecule has 94 valence electrons. The van der Waals surface area contributed by atoms with Crippen LogP contribution in [0.15, 0.2) is 36.9 Å². The Morgan fingerprint density at radius 3 is 2.89 bits per heavy atom. The summed E-state index contributed by atoms with van der Waals surface area (Å²) in [6.45, 7) is 4.18. The van der Waals surface area contributed by atoms with Crippen LogP contribution in [0.25, 0.3) is 0 Å². The second kappa shape index (κ2) is 5.08. The van der Waals surface area contributed by atoms with Crippen LogP contribution in [-0.2, 0) is 13.1 Å². The molecule has 5 heteroatoms. The predicted octanol–water partition coefficient (Wildman–Crippen LogP) is 2.06. The average molecular weight is 263 g/mol. The molecule has 0 bridgehead atoms. The number of nitrogens with zero attached hydrogens (tertiary/aromatic N) is 4. The molecule has 0 aromatic carbocycles. The van der Waals surface area contributed by atoms with Crippen molar-refractivity contribution in [3.63, 3.8) is 0 Å². The van der Waals surface area contributed by atoms with Crippen LogP contribution in [0.2, 0.25) is 5.02 Å². The third-order valence-corrected chi connectivity index (χ3v) is 3.40. The van der Waals surface area contributed by atoms with Crippen LogP contribution >= 0.6 is 11.6 Å². The summed E-state index contributed by atoms with van der Waals surface area (Å²) in [6.07, 6.45) is 7.31. The molecular weight excluding hydrogens is 248 g/mol. The van der Waals surface area contributed by atoms with Crippen molar-refractivity contribution in [1.29, 1.82) is 0 Å². The lowest BCUT2D eigenvalue weighted by atomic mass is 9.99. The maximum Gasteiger partial charge on any atom is 0.0785 e. The monoisotopic (exact) mass is 262 g/mol. The van der Waals surface area contributed by atoms with Gasteiger partial charge in [-0.25, -0.2) is 0 Å². The third kappa shape index (κ3) is 2.71. The fourth-order valence-corrected chi connectivity index (χ4v) is 2.53. The van der Waals surface area contributed by atoms with Gasteiger partial charge >= 0.3 is 0 Å². The molecule has 18 heavy (non-hydrogen) atoms. The van der Waals surface area contributed by atoms with E-state index in [4.69, 9.17) is 11.6 Å². The molecule has 0 spiro atoms. The molecular formula is C13H15ClN4. The summed E-state index contributed by atoms with van der Waals surface area (Å²) >= 11 is 5.84. The zero-order chi connectivity index (χ0) is 12.4. The van der Waals surface area contributed by atoms with Gasteiger partial charge in [0.05, 0.1) is 11.2 Å². The highest BCUT2D eigenvalue weighted by molar-refractivity contribution is 6.30. The van der Waals surface area contributed by atoms with E-state index in [1.807, 2.05) is 29.3 Å². The molecule has 0 radical (unpaired) electrons. The summed E-state index contributed by atoms with van der Waals surface area (Å²) < 4.78 is 1.93. The van der Waals surface area contributed by atoms with Crippen molar-refractivity contribution >= 4 is 11.6 Å². The first kappa shape index (κ1) is 11.7. The Morgan fingerprint density at radius 1 is 1.33 bits per heavy atom. The van der Waals surface area contributed by atoms with Gasteiger partial charge in [-0.3, -0.25) is 14.6 Å². The fourth-order valence-electron chi connectivity index (χ4n) is 2.37. The van der Waals surface area contributed by atoms with Gasteiger partial charge in [0.15, 0.2) is 0 Å². The van der Waals surface area contributed by atoms with E-state index in [0.717, 1.165) is 26.2 Å². The highest BCUT2D eigenvalue weighted by Gasteiger charge is 2.26. The molecule has 0 amide bonds. The molecule has 0 saturated carbocycles. The number of rotatable bonds is 4. The molecule has 0 atom stereocenters. The highest BCUT2D eigenvalue weighted by Crippen LogP contribution is 2.20. The van der Waals surface area contributed by atoms with Gasteiger partial charge in [-0.2, -0.15) is 5.10 Å². The first-order valence-electron chi connectivity index (χ1n) is 6.09. The van der Waals surface area contributed by atoms with E-state index in [-0.39, 0.29) is 0 Å². The zero-order valence-corrected chi connectivity index (χ0v) is 10.8. The fraction of sp³-hybridized carbons (Fsp3) is 0.385. The average Bonchev–Trinajstić information content (AvgIpc) is 2.73. The van der Waals surface area contributed by atoms with Gasteiger partial charge in [-0.1, -0.05) is 17.7 Å². The van der Waals surface area contributed by atoms with E-state index in [1.54, 1.807) is 6.20 Å². The number of aromatic nitrogens is 3. The normalized spacial score (nSPS) is 16.7. The number of halogens is 1. The molecule has 3 rings (SSSR count).